The molecular weight excluding hydrogens is 334 g/mol. The highest BCUT2D eigenvalue weighted by molar-refractivity contribution is 6.31. The van der Waals surface area contributed by atoms with Gasteiger partial charge in [-0.15, -0.1) is 0 Å². The van der Waals surface area contributed by atoms with Gasteiger partial charge in [-0.2, -0.15) is 4.98 Å². The zero-order valence-electron chi connectivity index (χ0n) is 13.6. The Kier molecular flexibility index (Phi) is 6.20. The van der Waals surface area contributed by atoms with Gasteiger partial charge in [0.25, 0.3) is 5.91 Å². The van der Waals surface area contributed by atoms with Gasteiger partial charge in [0.1, 0.15) is 11.4 Å². The molecular formula is C16H18ClN3O4. The first-order valence-corrected chi connectivity index (χ1v) is 7.74. The molecule has 128 valence electrons. The lowest BCUT2D eigenvalue weighted by Gasteiger charge is -2.13. The van der Waals surface area contributed by atoms with E-state index in [4.69, 9.17) is 25.8 Å². The van der Waals surface area contributed by atoms with Crippen LogP contribution < -0.4 is 19.5 Å². The maximum atomic E-state index is 12.5. The minimum Gasteiger partial charge on any atom is -0.496 e. The minimum atomic E-state index is -0.414. The Morgan fingerprint density at radius 1 is 1.25 bits per heavy atom. The Hall–Kier alpha value is -2.54. The zero-order valence-corrected chi connectivity index (χ0v) is 14.4. The fourth-order valence-electron chi connectivity index (χ4n) is 1.93. The Labute approximate surface area is 144 Å². The molecule has 2 rings (SSSR count). The predicted octanol–water partition coefficient (Wildman–Crippen LogP) is 3.19. The van der Waals surface area contributed by atoms with Gasteiger partial charge in [0, 0.05) is 5.02 Å². The first-order valence-electron chi connectivity index (χ1n) is 7.36. The highest BCUT2D eigenvalue weighted by Crippen LogP contribution is 2.27. The zero-order chi connectivity index (χ0) is 17.5. The number of carbonyl (C=O) groups excluding carboxylic acids is 1. The molecule has 0 spiro atoms. The van der Waals surface area contributed by atoms with Crippen molar-refractivity contribution in [2.75, 3.05) is 25.6 Å². The van der Waals surface area contributed by atoms with Crippen molar-refractivity contribution in [3.63, 3.8) is 0 Å². The van der Waals surface area contributed by atoms with E-state index in [1.54, 1.807) is 12.1 Å². The van der Waals surface area contributed by atoms with Crippen molar-refractivity contribution in [2.24, 2.45) is 0 Å². The molecule has 0 saturated carbocycles. The molecule has 1 heterocycles. The van der Waals surface area contributed by atoms with E-state index >= 15 is 0 Å². The third-order valence-electron chi connectivity index (χ3n) is 2.94. The van der Waals surface area contributed by atoms with E-state index in [-0.39, 0.29) is 11.9 Å². The van der Waals surface area contributed by atoms with Gasteiger partial charge >= 0.3 is 6.01 Å². The van der Waals surface area contributed by atoms with Crippen LogP contribution in [0.1, 0.15) is 24.2 Å². The predicted molar refractivity (Wildman–Crippen MR) is 90.3 cm³/mol. The van der Waals surface area contributed by atoms with Gasteiger partial charge < -0.3 is 19.5 Å². The van der Waals surface area contributed by atoms with Gasteiger partial charge in [0.2, 0.25) is 5.88 Å². The van der Waals surface area contributed by atoms with Crippen molar-refractivity contribution in [3.8, 4) is 17.6 Å². The summed E-state index contributed by atoms with van der Waals surface area (Å²) in [5.41, 5.74) is 0.619. The van der Waals surface area contributed by atoms with Crippen LogP contribution in [0.4, 0.5) is 5.69 Å². The summed E-state index contributed by atoms with van der Waals surface area (Å²) in [5, 5.41) is 3.12. The molecule has 1 N–H and O–H groups in total. The monoisotopic (exact) mass is 351 g/mol. The van der Waals surface area contributed by atoms with Crippen LogP contribution >= 0.6 is 11.6 Å². The molecule has 0 atom stereocenters. The largest absolute Gasteiger partial charge is 0.496 e. The van der Waals surface area contributed by atoms with Crippen LogP contribution in [0.5, 0.6) is 17.6 Å². The number of methoxy groups -OCH3 is 1. The van der Waals surface area contributed by atoms with E-state index in [0.717, 1.165) is 0 Å². The molecule has 0 radical (unpaired) electrons. The van der Waals surface area contributed by atoms with E-state index in [1.807, 2.05) is 13.8 Å². The lowest BCUT2D eigenvalue weighted by Crippen LogP contribution is -2.15. The van der Waals surface area contributed by atoms with Gasteiger partial charge in [-0.05, 0) is 32.0 Å². The minimum absolute atomic E-state index is 0.180. The van der Waals surface area contributed by atoms with Gasteiger partial charge in [-0.3, -0.25) is 4.79 Å². The van der Waals surface area contributed by atoms with Gasteiger partial charge in [-0.25, -0.2) is 4.98 Å². The molecule has 8 heteroatoms. The molecule has 0 unspecified atom stereocenters. The van der Waals surface area contributed by atoms with Crippen LogP contribution in [0.15, 0.2) is 24.4 Å². The molecule has 0 aliphatic heterocycles. The van der Waals surface area contributed by atoms with Crippen molar-refractivity contribution in [1.29, 1.82) is 0 Å². The second-order valence-corrected chi connectivity index (χ2v) is 4.97. The lowest BCUT2D eigenvalue weighted by atomic mass is 10.2. The third-order valence-corrected chi connectivity index (χ3v) is 3.18. The first kappa shape index (κ1) is 17.8. The highest BCUT2D eigenvalue weighted by Gasteiger charge is 2.17. The first-order chi connectivity index (χ1) is 11.6. The molecule has 1 amide bonds. The number of halogens is 1. The van der Waals surface area contributed by atoms with Crippen LogP contribution in [0, 0.1) is 0 Å². The topological polar surface area (TPSA) is 82.6 Å². The summed E-state index contributed by atoms with van der Waals surface area (Å²) in [4.78, 5) is 20.7. The maximum absolute atomic E-state index is 12.5. The molecule has 0 fully saturated rings. The van der Waals surface area contributed by atoms with E-state index in [9.17, 15) is 4.79 Å². The Morgan fingerprint density at radius 2 is 2.00 bits per heavy atom. The van der Waals surface area contributed by atoms with E-state index in [1.165, 1.54) is 19.4 Å². The smallest absolute Gasteiger partial charge is 0.319 e. The number of nitrogens with one attached hydrogen (secondary N) is 1. The van der Waals surface area contributed by atoms with Gasteiger partial charge in [-0.1, -0.05) is 11.6 Å². The Bertz CT molecular complexity index is 724. The average molecular weight is 352 g/mol. The van der Waals surface area contributed by atoms with Crippen molar-refractivity contribution in [2.45, 2.75) is 13.8 Å². The Morgan fingerprint density at radius 3 is 2.67 bits per heavy atom. The summed E-state index contributed by atoms with van der Waals surface area (Å²) in [6.45, 7) is 4.45. The number of aromatic nitrogens is 2. The van der Waals surface area contributed by atoms with Crippen molar-refractivity contribution in [1.82, 2.24) is 9.97 Å². The number of hydrogen-bond donors (Lipinski definition) is 1. The molecule has 24 heavy (non-hydrogen) atoms. The molecule has 0 saturated heterocycles. The number of anilines is 1. The number of benzene rings is 1. The van der Waals surface area contributed by atoms with E-state index in [0.29, 0.717) is 35.2 Å². The summed E-state index contributed by atoms with van der Waals surface area (Å²) in [6, 6.07) is 4.96. The molecule has 0 bridgehead atoms. The summed E-state index contributed by atoms with van der Waals surface area (Å²) >= 11 is 5.96. The third kappa shape index (κ3) is 4.26. The highest BCUT2D eigenvalue weighted by atomic mass is 35.5. The molecule has 0 aliphatic carbocycles. The van der Waals surface area contributed by atoms with Crippen LogP contribution in [0.2, 0.25) is 5.02 Å². The molecule has 1 aromatic heterocycles. The van der Waals surface area contributed by atoms with Crippen LogP contribution in [-0.2, 0) is 0 Å². The molecule has 0 aliphatic rings. The Balaban J connectivity index is 2.29. The normalized spacial score (nSPS) is 10.2. The summed E-state index contributed by atoms with van der Waals surface area (Å²) < 4.78 is 15.9. The summed E-state index contributed by atoms with van der Waals surface area (Å²) in [5.74, 6) is 0.218. The maximum Gasteiger partial charge on any atom is 0.319 e. The summed E-state index contributed by atoms with van der Waals surface area (Å²) in [6.07, 6.45) is 1.43. The van der Waals surface area contributed by atoms with Crippen molar-refractivity contribution in [3.05, 3.63) is 35.0 Å². The number of ether oxygens (including phenoxy) is 3. The van der Waals surface area contributed by atoms with Crippen molar-refractivity contribution >= 4 is 23.2 Å². The quantitative estimate of drug-likeness (QED) is 0.824. The molecule has 1 aromatic carbocycles. The van der Waals surface area contributed by atoms with Crippen molar-refractivity contribution < 1.29 is 19.0 Å². The fraction of sp³-hybridized carbons (Fsp3) is 0.312. The number of carbonyl (C=O) groups is 1. The van der Waals surface area contributed by atoms with Crippen LogP contribution in [-0.4, -0.2) is 36.2 Å². The SMILES string of the molecule is CCOc1ncc(NC(=O)c2cc(Cl)ccc2OC)c(OCC)n1. The van der Waals surface area contributed by atoms with Crippen LogP contribution in [0.25, 0.3) is 0 Å². The number of amides is 1. The van der Waals surface area contributed by atoms with Crippen LogP contribution in [0.3, 0.4) is 0 Å². The standard InChI is InChI=1S/C16H18ClN3O4/c1-4-23-15-12(9-18-16(20-15)24-5-2)19-14(21)11-8-10(17)6-7-13(11)22-3/h6-9H,4-5H2,1-3H3,(H,19,21). The second kappa shape index (κ2) is 8.35. The second-order valence-electron chi connectivity index (χ2n) is 4.54. The van der Waals surface area contributed by atoms with E-state index in [2.05, 4.69) is 15.3 Å². The van der Waals surface area contributed by atoms with E-state index < -0.39 is 5.91 Å². The number of nitrogens with zero attached hydrogens (tertiary/aromatic N) is 2. The lowest BCUT2D eigenvalue weighted by molar-refractivity contribution is 0.102. The van der Waals surface area contributed by atoms with Gasteiger partial charge in [0.05, 0.1) is 32.1 Å². The average Bonchev–Trinajstić information content (AvgIpc) is 2.57. The number of hydrogen-bond acceptors (Lipinski definition) is 6. The van der Waals surface area contributed by atoms with Gasteiger partial charge in [0.15, 0.2) is 0 Å². The summed E-state index contributed by atoms with van der Waals surface area (Å²) in [7, 11) is 1.48. The molecule has 7 nitrogen and oxygen atoms in total. The molecule has 2 aromatic rings. The number of rotatable bonds is 7. The fourth-order valence-corrected chi connectivity index (χ4v) is 2.10.